The maximum Gasteiger partial charge on any atom is 0.329 e. The number of para-hydroxylation sites is 1. The molecule has 0 spiro atoms. The summed E-state index contributed by atoms with van der Waals surface area (Å²) in [4.78, 5) is 10.3. The van der Waals surface area contributed by atoms with Gasteiger partial charge in [0.2, 0.25) is 5.89 Å². The van der Waals surface area contributed by atoms with Gasteiger partial charge in [-0.1, -0.05) is 12.1 Å². The molecule has 0 saturated carbocycles. The van der Waals surface area contributed by atoms with Gasteiger partial charge in [-0.15, -0.1) is 10.2 Å². The molecule has 0 aliphatic heterocycles. The molecular formula is C13H14N2O5. The van der Waals surface area contributed by atoms with E-state index in [1.165, 1.54) is 0 Å². The first-order valence-corrected chi connectivity index (χ1v) is 6.04. The van der Waals surface area contributed by atoms with E-state index in [-0.39, 0.29) is 12.5 Å². The number of carboxylic acids is 1. The zero-order chi connectivity index (χ0) is 14.4. The van der Waals surface area contributed by atoms with Crippen molar-refractivity contribution in [3.8, 4) is 17.2 Å². The Labute approximate surface area is 115 Å². The van der Waals surface area contributed by atoms with Gasteiger partial charge in [-0.2, -0.15) is 0 Å². The number of rotatable bonds is 7. The van der Waals surface area contributed by atoms with Gasteiger partial charge in [0.25, 0.3) is 5.89 Å². The Hall–Kier alpha value is -2.41. The Bertz CT molecular complexity index is 582. The van der Waals surface area contributed by atoms with E-state index in [0.29, 0.717) is 23.8 Å². The fourth-order valence-electron chi connectivity index (χ4n) is 1.57. The molecule has 106 valence electrons. The zero-order valence-electron chi connectivity index (χ0n) is 10.9. The summed E-state index contributed by atoms with van der Waals surface area (Å²) in [5, 5.41) is 16.2. The molecule has 2 rings (SSSR count). The largest absolute Gasteiger partial charge is 0.493 e. The molecule has 0 radical (unpaired) electrons. The van der Waals surface area contributed by atoms with Crippen molar-refractivity contribution in [3.63, 3.8) is 0 Å². The number of benzene rings is 1. The van der Waals surface area contributed by atoms with Crippen LogP contribution in [0.2, 0.25) is 0 Å². The van der Waals surface area contributed by atoms with E-state index in [1.807, 2.05) is 25.1 Å². The van der Waals surface area contributed by atoms with Gasteiger partial charge in [-0.3, -0.25) is 0 Å². The topological polar surface area (TPSA) is 94.7 Å². The molecule has 0 aliphatic carbocycles. The van der Waals surface area contributed by atoms with E-state index in [4.69, 9.17) is 19.0 Å². The molecule has 0 bridgehead atoms. The van der Waals surface area contributed by atoms with Crippen molar-refractivity contribution in [1.29, 1.82) is 0 Å². The number of ether oxygens (including phenoxy) is 2. The van der Waals surface area contributed by atoms with Gasteiger partial charge in [0.1, 0.15) is 19.0 Å². The molecule has 2 aromatic rings. The second-order valence-corrected chi connectivity index (χ2v) is 3.82. The Kier molecular flexibility index (Phi) is 4.67. The minimum atomic E-state index is -1.05. The highest BCUT2D eigenvalue weighted by Gasteiger charge is 2.13. The Morgan fingerprint density at radius 3 is 2.90 bits per heavy atom. The second kappa shape index (κ2) is 6.67. The average Bonchev–Trinajstić information content (AvgIpc) is 2.88. The Morgan fingerprint density at radius 2 is 2.15 bits per heavy atom. The third kappa shape index (κ3) is 3.55. The summed E-state index contributed by atoms with van der Waals surface area (Å²) in [6.45, 7) is 1.96. The fourth-order valence-corrected chi connectivity index (χ4v) is 1.57. The molecule has 0 amide bonds. The molecule has 0 unspecified atom stereocenters. The van der Waals surface area contributed by atoms with Crippen molar-refractivity contribution in [2.45, 2.75) is 13.5 Å². The molecule has 7 heteroatoms. The van der Waals surface area contributed by atoms with Crippen molar-refractivity contribution < 1.29 is 23.8 Å². The highest BCUT2D eigenvalue weighted by molar-refractivity contribution is 5.68. The first-order chi connectivity index (χ1) is 9.70. The van der Waals surface area contributed by atoms with Crippen molar-refractivity contribution in [3.05, 3.63) is 30.2 Å². The first-order valence-electron chi connectivity index (χ1n) is 6.04. The lowest BCUT2D eigenvalue weighted by Crippen LogP contribution is -2.06. The quantitative estimate of drug-likeness (QED) is 0.824. The van der Waals surface area contributed by atoms with Crippen molar-refractivity contribution >= 4 is 5.97 Å². The predicted octanol–water partition coefficient (Wildman–Crippen LogP) is 1.74. The van der Waals surface area contributed by atoms with Crippen LogP contribution in [0.4, 0.5) is 0 Å². The van der Waals surface area contributed by atoms with Crippen molar-refractivity contribution in [2.24, 2.45) is 0 Å². The summed E-state index contributed by atoms with van der Waals surface area (Å²) < 4.78 is 15.8. The summed E-state index contributed by atoms with van der Waals surface area (Å²) in [6.07, 6.45) is 0. The Balaban J connectivity index is 2.10. The van der Waals surface area contributed by atoms with Gasteiger partial charge in [0.15, 0.2) is 0 Å². The molecular weight excluding hydrogens is 264 g/mol. The monoisotopic (exact) mass is 278 g/mol. The van der Waals surface area contributed by atoms with Crippen LogP contribution < -0.4 is 4.74 Å². The third-order valence-corrected chi connectivity index (χ3v) is 2.34. The first kappa shape index (κ1) is 14.0. The van der Waals surface area contributed by atoms with Crippen LogP contribution in [0.3, 0.4) is 0 Å². The highest BCUT2D eigenvalue weighted by Crippen LogP contribution is 2.28. The number of aromatic nitrogens is 2. The average molecular weight is 278 g/mol. The summed E-state index contributed by atoms with van der Waals surface area (Å²) in [5.74, 6) is 0.124. The summed E-state index contributed by atoms with van der Waals surface area (Å²) >= 11 is 0. The molecule has 20 heavy (non-hydrogen) atoms. The number of hydrogen-bond donors (Lipinski definition) is 1. The van der Waals surface area contributed by atoms with Crippen LogP contribution in [0.1, 0.15) is 12.8 Å². The summed E-state index contributed by atoms with van der Waals surface area (Å²) in [5.41, 5.74) is 0.686. The van der Waals surface area contributed by atoms with E-state index in [1.54, 1.807) is 6.07 Å². The number of carboxylic acid groups (broad SMARTS) is 1. The molecule has 0 saturated heterocycles. The number of nitrogens with zero attached hydrogens (tertiary/aromatic N) is 2. The van der Waals surface area contributed by atoms with Gasteiger partial charge in [0.05, 0.1) is 12.2 Å². The van der Waals surface area contributed by atoms with Gasteiger partial charge >= 0.3 is 5.97 Å². The lowest BCUT2D eigenvalue weighted by Gasteiger charge is -2.06. The van der Waals surface area contributed by atoms with Gasteiger partial charge < -0.3 is 19.0 Å². The third-order valence-electron chi connectivity index (χ3n) is 2.34. The van der Waals surface area contributed by atoms with E-state index < -0.39 is 12.6 Å². The van der Waals surface area contributed by atoms with Crippen molar-refractivity contribution in [2.75, 3.05) is 13.2 Å². The van der Waals surface area contributed by atoms with Crippen LogP contribution >= 0.6 is 0 Å². The minimum Gasteiger partial charge on any atom is -0.493 e. The molecule has 1 aromatic heterocycles. The van der Waals surface area contributed by atoms with Crippen LogP contribution in [0, 0.1) is 0 Å². The predicted molar refractivity (Wildman–Crippen MR) is 68.2 cm³/mol. The molecule has 1 heterocycles. The molecule has 1 aromatic carbocycles. The van der Waals surface area contributed by atoms with E-state index in [9.17, 15) is 4.79 Å². The van der Waals surface area contributed by atoms with Crippen molar-refractivity contribution in [1.82, 2.24) is 10.2 Å². The van der Waals surface area contributed by atoms with Crippen LogP contribution in [0.5, 0.6) is 5.75 Å². The van der Waals surface area contributed by atoms with E-state index >= 15 is 0 Å². The number of carbonyl (C=O) groups is 1. The summed E-state index contributed by atoms with van der Waals surface area (Å²) in [6, 6.07) is 7.30. The van der Waals surface area contributed by atoms with Crippen LogP contribution in [0.15, 0.2) is 28.7 Å². The normalized spacial score (nSPS) is 10.4. The lowest BCUT2D eigenvalue weighted by atomic mass is 10.2. The Morgan fingerprint density at radius 1 is 1.35 bits per heavy atom. The molecule has 1 N–H and O–H groups in total. The summed E-state index contributed by atoms with van der Waals surface area (Å²) in [7, 11) is 0. The van der Waals surface area contributed by atoms with E-state index in [2.05, 4.69) is 10.2 Å². The molecule has 0 atom stereocenters. The van der Waals surface area contributed by atoms with Crippen LogP contribution in [-0.4, -0.2) is 34.5 Å². The SMILES string of the molecule is CCOc1ccccc1-c1nnc(COCC(=O)O)o1. The van der Waals surface area contributed by atoms with Crippen LogP contribution in [-0.2, 0) is 16.1 Å². The smallest absolute Gasteiger partial charge is 0.329 e. The van der Waals surface area contributed by atoms with Gasteiger partial charge in [-0.25, -0.2) is 4.79 Å². The lowest BCUT2D eigenvalue weighted by molar-refractivity contribution is -0.142. The standard InChI is InChI=1S/C13H14N2O5/c1-2-19-10-6-4-3-5-9(10)13-15-14-11(20-13)7-18-8-12(16)17/h3-6H,2,7-8H2,1H3,(H,16,17). The molecule has 0 fully saturated rings. The van der Waals surface area contributed by atoms with Gasteiger partial charge in [0, 0.05) is 0 Å². The van der Waals surface area contributed by atoms with E-state index in [0.717, 1.165) is 0 Å². The van der Waals surface area contributed by atoms with Crippen LogP contribution in [0.25, 0.3) is 11.5 Å². The second-order valence-electron chi connectivity index (χ2n) is 3.82. The minimum absolute atomic E-state index is 0.0455. The maximum absolute atomic E-state index is 10.3. The maximum atomic E-state index is 10.3. The fraction of sp³-hybridized carbons (Fsp3) is 0.308. The number of hydrogen-bond acceptors (Lipinski definition) is 6. The highest BCUT2D eigenvalue weighted by atomic mass is 16.5. The molecule has 7 nitrogen and oxygen atoms in total. The molecule has 0 aliphatic rings. The zero-order valence-corrected chi connectivity index (χ0v) is 10.9. The van der Waals surface area contributed by atoms with Gasteiger partial charge in [-0.05, 0) is 19.1 Å². The number of aliphatic carboxylic acids is 1.